The minimum Gasteiger partial charge on any atom is -0.393 e. The number of Topliss-reactive ketones (excluding diaryl/α,β-unsaturated/α-hetero) is 1. The van der Waals surface area contributed by atoms with E-state index in [0.29, 0.717) is 48.5 Å². The van der Waals surface area contributed by atoms with E-state index in [4.69, 9.17) is 0 Å². The fraction of sp³-hybridized carbons (Fsp3) is 0.765. The first-order chi connectivity index (χ1) is 18.5. The van der Waals surface area contributed by atoms with Gasteiger partial charge in [0.05, 0.1) is 12.2 Å². The van der Waals surface area contributed by atoms with Crippen LogP contribution in [0.5, 0.6) is 0 Å². The van der Waals surface area contributed by atoms with Crippen LogP contribution in [0.4, 0.5) is 5.69 Å². The Morgan fingerprint density at radius 1 is 1.05 bits per heavy atom. The van der Waals surface area contributed by atoms with Crippen molar-refractivity contribution in [2.75, 3.05) is 11.4 Å². The average Bonchev–Trinajstić information content (AvgIpc) is 3.50. The smallest absolute Gasteiger partial charge is 0.227 e. The number of ketones is 1. The van der Waals surface area contributed by atoms with Crippen molar-refractivity contribution < 1.29 is 19.8 Å². The highest BCUT2D eigenvalue weighted by molar-refractivity contribution is 5.98. The number of benzene rings is 1. The number of rotatable bonds is 5. The molecule has 0 unspecified atom stereocenters. The van der Waals surface area contributed by atoms with Crippen LogP contribution in [0.3, 0.4) is 0 Å². The summed E-state index contributed by atoms with van der Waals surface area (Å²) in [5.41, 5.74) is 2.99. The second kappa shape index (κ2) is 9.98. The lowest BCUT2D eigenvalue weighted by atomic mass is 9.43. The Morgan fingerprint density at radius 3 is 2.62 bits per heavy atom. The van der Waals surface area contributed by atoms with Crippen LogP contribution in [0, 0.1) is 46.3 Å². The summed E-state index contributed by atoms with van der Waals surface area (Å²) in [7, 11) is 0. The minimum atomic E-state index is -0.280. The van der Waals surface area contributed by atoms with Gasteiger partial charge in [0.1, 0.15) is 0 Å². The van der Waals surface area contributed by atoms with E-state index in [1.807, 2.05) is 23.1 Å². The van der Waals surface area contributed by atoms with Crippen molar-refractivity contribution in [2.45, 2.75) is 111 Å². The maximum absolute atomic E-state index is 13.3. The fourth-order valence-corrected chi connectivity index (χ4v) is 10.7. The minimum absolute atomic E-state index is 0.0651. The second-order valence-corrected chi connectivity index (χ2v) is 14.6. The predicted molar refractivity (Wildman–Crippen MR) is 154 cm³/mol. The highest BCUT2D eigenvalue weighted by Crippen LogP contribution is 2.68. The summed E-state index contributed by atoms with van der Waals surface area (Å²) in [6, 6.07) is 5.74. The molecule has 5 aliphatic rings. The molecule has 10 atom stereocenters. The number of aliphatic hydroxyl groups excluding tert-OH is 2. The molecule has 1 amide bonds. The lowest BCUT2D eigenvalue weighted by Gasteiger charge is -2.62. The summed E-state index contributed by atoms with van der Waals surface area (Å²) in [5, 5.41) is 22.2. The summed E-state index contributed by atoms with van der Waals surface area (Å²) < 4.78 is 0. The van der Waals surface area contributed by atoms with Crippen molar-refractivity contribution in [3.63, 3.8) is 0 Å². The Labute approximate surface area is 234 Å². The molecule has 0 bridgehead atoms. The van der Waals surface area contributed by atoms with Gasteiger partial charge in [0.2, 0.25) is 5.91 Å². The van der Waals surface area contributed by atoms with Crippen LogP contribution >= 0.6 is 0 Å². The number of fused-ring (bicyclic) bond motifs is 6. The third kappa shape index (κ3) is 4.33. The first-order valence-electron chi connectivity index (χ1n) is 15.8. The van der Waals surface area contributed by atoms with Gasteiger partial charge in [0.15, 0.2) is 5.78 Å². The van der Waals surface area contributed by atoms with Crippen LogP contribution < -0.4 is 4.90 Å². The number of amides is 1. The Morgan fingerprint density at radius 2 is 1.85 bits per heavy atom. The zero-order chi connectivity index (χ0) is 27.7. The number of aliphatic hydroxyl groups is 2. The average molecular weight is 536 g/mol. The summed E-state index contributed by atoms with van der Waals surface area (Å²) in [6.45, 7) is 9.48. The lowest BCUT2D eigenvalue weighted by molar-refractivity contribution is -0.174. The highest BCUT2D eigenvalue weighted by Gasteiger charge is 2.63. The zero-order valence-electron chi connectivity index (χ0n) is 24.5. The molecule has 214 valence electrons. The number of hydrogen-bond donors (Lipinski definition) is 2. The van der Waals surface area contributed by atoms with E-state index < -0.39 is 0 Å². The molecular weight excluding hydrogens is 486 g/mol. The maximum Gasteiger partial charge on any atom is 0.227 e. The summed E-state index contributed by atoms with van der Waals surface area (Å²) in [6.07, 6.45) is 10.5. The van der Waals surface area contributed by atoms with E-state index >= 15 is 0 Å². The molecule has 4 aliphatic carbocycles. The molecule has 6 rings (SSSR count). The van der Waals surface area contributed by atoms with Crippen molar-refractivity contribution >= 4 is 17.4 Å². The fourth-order valence-electron chi connectivity index (χ4n) is 10.7. The molecule has 5 nitrogen and oxygen atoms in total. The number of anilines is 1. The quantitative estimate of drug-likeness (QED) is 0.441. The number of carbonyl (C=O) groups is 2. The van der Waals surface area contributed by atoms with Crippen LogP contribution in [-0.4, -0.2) is 40.7 Å². The zero-order valence-corrected chi connectivity index (χ0v) is 24.5. The van der Waals surface area contributed by atoms with E-state index in [0.717, 1.165) is 61.8 Å². The van der Waals surface area contributed by atoms with Crippen LogP contribution in [0.25, 0.3) is 0 Å². The molecule has 5 heteroatoms. The standard InChI is InChI=1S/C34H49NO4/c1-20(5-12-32(39)35-16-14-23-17-22(21(2)36)6-11-30(23)35)27-9-10-28-26-8-7-24-18-25(37)13-15-33(24,3)29(26)19-31(38)34(27,28)4/h6,11,17,20,24-29,31,37-38H,5,7-10,12-16,18-19H2,1-4H3/t20-,24-,25-,26+,27-,28+,29+,31+,33+,34-/m1/s1. The Bertz CT molecular complexity index is 1130. The van der Waals surface area contributed by atoms with Crippen molar-refractivity contribution in [3.05, 3.63) is 29.3 Å². The molecule has 39 heavy (non-hydrogen) atoms. The van der Waals surface area contributed by atoms with Gasteiger partial charge in [-0.1, -0.05) is 20.8 Å². The van der Waals surface area contributed by atoms with Crippen LogP contribution in [0.15, 0.2) is 18.2 Å². The third-order valence-corrected chi connectivity index (χ3v) is 13.0. The van der Waals surface area contributed by atoms with E-state index in [9.17, 15) is 19.8 Å². The largest absolute Gasteiger partial charge is 0.393 e. The van der Waals surface area contributed by atoms with E-state index in [1.165, 1.54) is 19.3 Å². The molecule has 2 N–H and O–H groups in total. The highest BCUT2D eigenvalue weighted by atomic mass is 16.3. The summed E-state index contributed by atoms with van der Waals surface area (Å²) >= 11 is 0. The Balaban J connectivity index is 1.12. The summed E-state index contributed by atoms with van der Waals surface area (Å²) in [5.74, 6) is 3.54. The molecule has 0 radical (unpaired) electrons. The Kier molecular flexibility index (Phi) is 7.02. The molecule has 1 aromatic rings. The number of nitrogens with zero attached hydrogens (tertiary/aromatic N) is 1. The number of carbonyl (C=O) groups excluding carboxylic acids is 2. The van der Waals surface area contributed by atoms with Gasteiger partial charge in [-0.05, 0) is 141 Å². The van der Waals surface area contributed by atoms with Gasteiger partial charge in [-0.3, -0.25) is 9.59 Å². The van der Waals surface area contributed by atoms with Crippen molar-refractivity contribution in [3.8, 4) is 0 Å². The van der Waals surface area contributed by atoms with Gasteiger partial charge in [0.25, 0.3) is 0 Å². The van der Waals surface area contributed by atoms with Crippen molar-refractivity contribution in [1.82, 2.24) is 0 Å². The number of hydrogen-bond acceptors (Lipinski definition) is 4. The van der Waals surface area contributed by atoms with Crippen molar-refractivity contribution in [1.29, 1.82) is 0 Å². The first kappa shape index (κ1) is 27.4. The molecule has 1 aromatic carbocycles. The molecule has 1 heterocycles. The van der Waals surface area contributed by atoms with Gasteiger partial charge in [-0.15, -0.1) is 0 Å². The normalized spacial score (nSPS) is 41.8. The van der Waals surface area contributed by atoms with Gasteiger partial charge in [-0.2, -0.15) is 0 Å². The monoisotopic (exact) mass is 535 g/mol. The predicted octanol–water partition coefficient (Wildman–Crippen LogP) is 6.19. The molecule has 4 saturated carbocycles. The van der Waals surface area contributed by atoms with Gasteiger partial charge >= 0.3 is 0 Å². The van der Waals surface area contributed by atoms with Crippen LogP contribution in [0.2, 0.25) is 0 Å². The first-order valence-corrected chi connectivity index (χ1v) is 15.8. The Hall–Kier alpha value is -1.72. The van der Waals surface area contributed by atoms with Crippen molar-refractivity contribution in [2.24, 2.45) is 46.3 Å². The third-order valence-electron chi connectivity index (χ3n) is 13.0. The molecule has 0 aromatic heterocycles. The second-order valence-electron chi connectivity index (χ2n) is 14.6. The molecule has 1 aliphatic heterocycles. The van der Waals surface area contributed by atoms with E-state index in [1.54, 1.807) is 6.92 Å². The SMILES string of the molecule is CC(=O)c1ccc2c(c1)CCN2C(=O)CC[C@@H](C)[C@H]1CC[C@H]2[C@@H]3CC[C@@H]4C[C@H](O)CC[C@]4(C)[C@H]3C[C@H](O)[C@]12C. The van der Waals surface area contributed by atoms with Gasteiger partial charge < -0.3 is 15.1 Å². The summed E-state index contributed by atoms with van der Waals surface area (Å²) in [4.78, 5) is 27.0. The molecule has 0 spiro atoms. The van der Waals surface area contributed by atoms with E-state index in [-0.39, 0.29) is 34.7 Å². The van der Waals surface area contributed by atoms with Crippen LogP contribution in [-0.2, 0) is 11.2 Å². The van der Waals surface area contributed by atoms with Crippen LogP contribution in [0.1, 0.15) is 108 Å². The van der Waals surface area contributed by atoms with Gasteiger partial charge in [-0.25, -0.2) is 0 Å². The molecule has 0 saturated heterocycles. The molecule has 4 fully saturated rings. The maximum atomic E-state index is 13.3. The topological polar surface area (TPSA) is 77.8 Å². The van der Waals surface area contributed by atoms with E-state index in [2.05, 4.69) is 20.8 Å². The molecular formula is C34H49NO4. The van der Waals surface area contributed by atoms with Gasteiger partial charge in [0, 0.05) is 24.2 Å². The lowest BCUT2D eigenvalue weighted by Crippen LogP contribution is -2.58.